The molecule has 1 amide bonds. The third-order valence-corrected chi connectivity index (χ3v) is 4.79. The second-order valence-electron chi connectivity index (χ2n) is 9.48. The Morgan fingerprint density at radius 2 is 0.865 bits per heavy atom. The number of nitrogens with one attached hydrogen (secondary N) is 1. The van der Waals surface area contributed by atoms with Crippen LogP contribution in [0.4, 0.5) is 4.79 Å². The highest BCUT2D eigenvalue weighted by atomic mass is 16.6. The lowest BCUT2D eigenvalue weighted by Crippen LogP contribution is -2.34. The van der Waals surface area contributed by atoms with Crippen molar-refractivity contribution in [3.8, 4) is 0 Å². The maximum Gasteiger partial charge on any atom is 0.407 e. The summed E-state index contributed by atoms with van der Waals surface area (Å²) in [6, 6.07) is 0. The molecule has 10 heteroatoms. The summed E-state index contributed by atoms with van der Waals surface area (Å²) >= 11 is 0. The van der Waals surface area contributed by atoms with E-state index in [1.54, 1.807) is 0 Å². The molecular formula is C27H55NO9. The topological polar surface area (TPSA) is 103 Å². The van der Waals surface area contributed by atoms with Gasteiger partial charge in [-0.2, -0.15) is 0 Å². The van der Waals surface area contributed by atoms with Crippen molar-refractivity contribution in [3.63, 3.8) is 0 Å². The van der Waals surface area contributed by atoms with Gasteiger partial charge in [0.25, 0.3) is 0 Å². The Balaban J connectivity index is 3.09. The molecule has 10 nitrogen and oxygen atoms in total. The SMILES string of the molecule is CCCCCCCCOCCOCCOCCOCCOCCOCCOCCNC(=O)OC(C)(C)C. The maximum absolute atomic E-state index is 11.5. The summed E-state index contributed by atoms with van der Waals surface area (Å²) in [5, 5.41) is 2.63. The van der Waals surface area contributed by atoms with Crippen molar-refractivity contribution in [2.24, 2.45) is 0 Å². The van der Waals surface area contributed by atoms with Crippen LogP contribution in [0.1, 0.15) is 66.2 Å². The zero-order valence-corrected chi connectivity index (χ0v) is 24.0. The average molecular weight is 538 g/mol. The molecule has 0 bridgehead atoms. The van der Waals surface area contributed by atoms with E-state index in [1.807, 2.05) is 20.8 Å². The number of hydrogen-bond acceptors (Lipinski definition) is 9. The highest BCUT2D eigenvalue weighted by molar-refractivity contribution is 5.67. The molecule has 0 saturated heterocycles. The van der Waals surface area contributed by atoms with Gasteiger partial charge < -0.3 is 43.2 Å². The number of hydrogen-bond donors (Lipinski definition) is 1. The fraction of sp³-hybridized carbons (Fsp3) is 0.963. The van der Waals surface area contributed by atoms with Crippen LogP contribution in [0.25, 0.3) is 0 Å². The van der Waals surface area contributed by atoms with E-state index < -0.39 is 11.7 Å². The van der Waals surface area contributed by atoms with E-state index in [0.717, 1.165) is 13.0 Å². The van der Waals surface area contributed by atoms with Crippen LogP contribution in [0, 0.1) is 0 Å². The van der Waals surface area contributed by atoms with Gasteiger partial charge in [-0.25, -0.2) is 4.79 Å². The van der Waals surface area contributed by atoms with Crippen LogP contribution in [0.3, 0.4) is 0 Å². The molecule has 0 aliphatic rings. The first-order chi connectivity index (χ1) is 18.0. The summed E-state index contributed by atoms with van der Waals surface area (Å²) < 4.78 is 43.4. The van der Waals surface area contributed by atoms with E-state index in [-0.39, 0.29) is 0 Å². The standard InChI is InChI=1S/C27H55NO9/c1-5-6-7-8-9-10-12-30-14-16-32-18-20-34-22-24-36-25-23-35-21-19-33-17-15-31-13-11-28-26(29)37-27(2,3)4/h5-25H2,1-4H3,(H,28,29). The van der Waals surface area contributed by atoms with Gasteiger partial charge in [-0.3, -0.25) is 0 Å². The van der Waals surface area contributed by atoms with Gasteiger partial charge in [0.15, 0.2) is 0 Å². The molecule has 0 unspecified atom stereocenters. The van der Waals surface area contributed by atoms with Crippen molar-refractivity contribution in [2.75, 3.05) is 99.0 Å². The number of rotatable bonds is 28. The quantitative estimate of drug-likeness (QED) is 0.148. The molecule has 0 aromatic carbocycles. The number of alkyl carbamates (subject to hydrolysis) is 1. The van der Waals surface area contributed by atoms with Gasteiger partial charge in [-0.15, -0.1) is 0 Å². The molecule has 0 aromatic heterocycles. The van der Waals surface area contributed by atoms with Crippen molar-refractivity contribution in [2.45, 2.75) is 71.8 Å². The molecule has 37 heavy (non-hydrogen) atoms. The van der Waals surface area contributed by atoms with E-state index in [0.29, 0.717) is 92.4 Å². The highest BCUT2D eigenvalue weighted by Gasteiger charge is 2.15. The highest BCUT2D eigenvalue weighted by Crippen LogP contribution is 2.06. The predicted molar refractivity (Wildman–Crippen MR) is 143 cm³/mol. The van der Waals surface area contributed by atoms with Gasteiger partial charge in [-0.05, 0) is 27.2 Å². The lowest BCUT2D eigenvalue weighted by molar-refractivity contribution is -0.0205. The van der Waals surface area contributed by atoms with Crippen molar-refractivity contribution in [3.05, 3.63) is 0 Å². The molecule has 1 N–H and O–H groups in total. The molecule has 222 valence electrons. The van der Waals surface area contributed by atoms with Gasteiger partial charge in [0.1, 0.15) is 5.60 Å². The Labute approximate surface area is 225 Å². The second kappa shape index (κ2) is 28.0. The zero-order chi connectivity index (χ0) is 27.3. The Kier molecular flexibility index (Phi) is 27.2. The number of carbonyl (C=O) groups is 1. The van der Waals surface area contributed by atoms with Crippen LogP contribution in [0.15, 0.2) is 0 Å². The Bertz CT molecular complexity index is 475. The van der Waals surface area contributed by atoms with Gasteiger partial charge in [0.05, 0.1) is 85.9 Å². The first-order valence-corrected chi connectivity index (χ1v) is 14.0. The van der Waals surface area contributed by atoms with E-state index in [9.17, 15) is 4.79 Å². The fourth-order valence-electron chi connectivity index (χ4n) is 2.95. The van der Waals surface area contributed by atoms with E-state index in [1.165, 1.54) is 32.1 Å². The largest absolute Gasteiger partial charge is 0.444 e. The molecule has 0 saturated carbocycles. The number of unbranched alkanes of at least 4 members (excludes halogenated alkanes) is 5. The summed E-state index contributed by atoms with van der Waals surface area (Å²) in [5.74, 6) is 0. The Hall–Kier alpha value is -1.01. The minimum Gasteiger partial charge on any atom is -0.444 e. The number of amides is 1. The molecule has 0 heterocycles. The number of carbonyl (C=O) groups excluding carboxylic acids is 1. The lowest BCUT2D eigenvalue weighted by Gasteiger charge is -2.19. The van der Waals surface area contributed by atoms with Crippen LogP contribution in [0.2, 0.25) is 0 Å². The average Bonchev–Trinajstić information content (AvgIpc) is 2.84. The molecule has 0 spiro atoms. The molecule has 0 aromatic rings. The van der Waals surface area contributed by atoms with Crippen LogP contribution in [0.5, 0.6) is 0 Å². The van der Waals surface area contributed by atoms with Crippen molar-refractivity contribution >= 4 is 6.09 Å². The smallest absolute Gasteiger partial charge is 0.407 e. The lowest BCUT2D eigenvalue weighted by atomic mass is 10.1. The van der Waals surface area contributed by atoms with Crippen LogP contribution in [-0.4, -0.2) is 111 Å². The summed E-state index contributed by atoms with van der Waals surface area (Å²) in [6.07, 6.45) is 7.23. The first kappa shape index (κ1) is 36.0. The summed E-state index contributed by atoms with van der Waals surface area (Å²) in [4.78, 5) is 11.5. The fourth-order valence-corrected chi connectivity index (χ4v) is 2.95. The summed E-state index contributed by atoms with van der Waals surface area (Å²) in [6.45, 7) is 15.7. The monoisotopic (exact) mass is 537 g/mol. The third-order valence-electron chi connectivity index (χ3n) is 4.79. The minimum atomic E-state index is -0.500. The Morgan fingerprint density at radius 3 is 1.27 bits per heavy atom. The van der Waals surface area contributed by atoms with Crippen LogP contribution < -0.4 is 5.32 Å². The normalized spacial score (nSPS) is 11.7. The van der Waals surface area contributed by atoms with Crippen molar-refractivity contribution in [1.29, 1.82) is 0 Å². The van der Waals surface area contributed by atoms with Gasteiger partial charge in [0, 0.05) is 13.2 Å². The zero-order valence-electron chi connectivity index (χ0n) is 24.0. The van der Waals surface area contributed by atoms with Crippen molar-refractivity contribution in [1.82, 2.24) is 5.32 Å². The maximum atomic E-state index is 11.5. The molecule has 0 rings (SSSR count). The molecule has 0 fully saturated rings. The third kappa shape index (κ3) is 33.0. The summed E-state index contributed by atoms with van der Waals surface area (Å²) in [7, 11) is 0. The Morgan fingerprint density at radius 1 is 0.514 bits per heavy atom. The van der Waals surface area contributed by atoms with Crippen LogP contribution >= 0.6 is 0 Å². The van der Waals surface area contributed by atoms with Gasteiger partial charge in [-0.1, -0.05) is 39.0 Å². The first-order valence-electron chi connectivity index (χ1n) is 14.0. The van der Waals surface area contributed by atoms with E-state index in [2.05, 4.69) is 12.2 Å². The van der Waals surface area contributed by atoms with Gasteiger partial charge >= 0.3 is 6.09 Å². The predicted octanol–water partition coefficient (Wildman–Crippen LogP) is 3.99. The van der Waals surface area contributed by atoms with E-state index >= 15 is 0 Å². The second-order valence-corrected chi connectivity index (χ2v) is 9.48. The summed E-state index contributed by atoms with van der Waals surface area (Å²) in [5.41, 5.74) is -0.500. The van der Waals surface area contributed by atoms with Crippen molar-refractivity contribution < 1.29 is 42.7 Å². The molecule has 0 aliphatic heterocycles. The molecular weight excluding hydrogens is 482 g/mol. The van der Waals surface area contributed by atoms with Gasteiger partial charge in [0.2, 0.25) is 0 Å². The van der Waals surface area contributed by atoms with Crippen LogP contribution in [-0.2, 0) is 37.9 Å². The van der Waals surface area contributed by atoms with E-state index in [4.69, 9.17) is 37.9 Å². The minimum absolute atomic E-state index is 0.395. The molecule has 0 radical (unpaired) electrons. The number of ether oxygens (including phenoxy) is 8. The molecule has 0 aliphatic carbocycles. The molecule has 0 atom stereocenters.